The Hall–Kier alpha value is -3.60. The van der Waals surface area contributed by atoms with E-state index in [1.165, 1.54) is 0 Å². The van der Waals surface area contributed by atoms with Crippen LogP contribution in [0, 0.1) is 0 Å². The Morgan fingerprint density at radius 1 is 0.828 bits per heavy atom. The van der Waals surface area contributed by atoms with Gasteiger partial charge in [-0.15, -0.1) is 0 Å². The quantitative estimate of drug-likeness (QED) is 0.576. The summed E-state index contributed by atoms with van der Waals surface area (Å²) in [6.45, 7) is 2.35. The molecule has 0 aromatic heterocycles. The molecule has 0 fully saturated rings. The summed E-state index contributed by atoms with van der Waals surface area (Å²) in [4.78, 5) is 24.9. The van der Waals surface area contributed by atoms with E-state index in [1.54, 1.807) is 42.5 Å². The molecular formula is C24H24N2O3. The maximum atomic E-state index is 12.6. The van der Waals surface area contributed by atoms with Crippen LogP contribution in [-0.2, 0) is 11.2 Å². The molecule has 0 aliphatic heterocycles. The number of aryl methyl sites for hydroxylation is 1. The van der Waals surface area contributed by atoms with Crippen LogP contribution in [0.15, 0.2) is 78.9 Å². The fourth-order valence-electron chi connectivity index (χ4n) is 2.93. The van der Waals surface area contributed by atoms with E-state index in [4.69, 9.17) is 4.74 Å². The molecule has 3 aromatic carbocycles. The molecule has 0 radical (unpaired) electrons. The second-order valence-corrected chi connectivity index (χ2v) is 6.50. The van der Waals surface area contributed by atoms with Gasteiger partial charge in [-0.1, -0.05) is 48.5 Å². The Labute approximate surface area is 170 Å². The van der Waals surface area contributed by atoms with Crippen molar-refractivity contribution in [3.63, 3.8) is 0 Å². The largest absolute Gasteiger partial charge is 0.493 e. The first-order valence-electron chi connectivity index (χ1n) is 9.62. The van der Waals surface area contributed by atoms with Gasteiger partial charge < -0.3 is 15.4 Å². The van der Waals surface area contributed by atoms with Gasteiger partial charge in [0, 0.05) is 17.8 Å². The van der Waals surface area contributed by atoms with Crippen LogP contribution in [-0.4, -0.2) is 18.4 Å². The van der Waals surface area contributed by atoms with E-state index < -0.39 is 0 Å². The number of hydrogen-bond acceptors (Lipinski definition) is 3. The maximum Gasteiger partial charge on any atom is 0.259 e. The minimum Gasteiger partial charge on any atom is -0.493 e. The average Bonchev–Trinajstić information content (AvgIpc) is 2.74. The zero-order valence-electron chi connectivity index (χ0n) is 16.4. The standard InChI is InChI=1S/C24H24N2O3/c1-2-29-22-14-7-6-13-21(22)24(28)26-20-12-8-11-19(17-20)25-23(27)16-15-18-9-4-3-5-10-18/h3-14,17H,2,15-16H2,1H3,(H,25,27)(H,26,28). The van der Waals surface area contributed by atoms with Crippen molar-refractivity contribution in [2.45, 2.75) is 19.8 Å². The normalized spacial score (nSPS) is 10.2. The lowest BCUT2D eigenvalue weighted by atomic mass is 10.1. The van der Waals surface area contributed by atoms with Crippen LogP contribution in [0.4, 0.5) is 11.4 Å². The third kappa shape index (κ3) is 5.94. The summed E-state index contributed by atoms with van der Waals surface area (Å²) < 4.78 is 5.52. The number of rotatable bonds is 8. The lowest BCUT2D eigenvalue weighted by Gasteiger charge is -2.11. The molecule has 3 rings (SSSR count). The Bertz CT molecular complexity index is 971. The molecule has 2 N–H and O–H groups in total. The van der Waals surface area contributed by atoms with Gasteiger partial charge in [0.1, 0.15) is 5.75 Å². The van der Waals surface area contributed by atoms with Crippen molar-refractivity contribution in [2.75, 3.05) is 17.2 Å². The first-order chi connectivity index (χ1) is 14.2. The number of hydrogen-bond donors (Lipinski definition) is 2. The van der Waals surface area contributed by atoms with Crippen LogP contribution in [0.25, 0.3) is 0 Å². The average molecular weight is 388 g/mol. The molecule has 29 heavy (non-hydrogen) atoms. The first-order valence-corrected chi connectivity index (χ1v) is 9.62. The molecule has 0 atom stereocenters. The lowest BCUT2D eigenvalue weighted by molar-refractivity contribution is -0.116. The molecule has 0 heterocycles. The van der Waals surface area contributed by atoms with Crippen LogP contribution in [0.3, 0.4) is 0 Å². The van der Waals surface area contributed by atoms with Crippen molar-refractivity contribution in [1.29, 1.82) is 0 Å². The highest BCUT2D eigenvalue weighted by Crippen LogP contribution is 2.21. The van der Waals surface area contributed by atoms with Crippen molar-refractivity contribution < 1.29 is 14.3 Å². The van der Waals surface area contributed by atoms with Crippen molar-refractivity contribution in [3.8, 4) is 5.75 Å². The van der Waals surface area contributed by atoms with Gasteiger partial charge in [0.15, 0.2) is 0 Å². The Morgan fingerprint density at radius 2 is 1.52 bits per heavy atom. The van der Waals surface area contributed by atoms with Crippen LogP contribution < -0.4 is 15.4 Å². The molecule has 0 unspecified atom stereocenters. The number of carbonyl (C=O) groups excluding carboxylic acids is 2. The predicted octanol–water partition coefficient (Wildman–Crippen LogP) is 4.91. The smallest absolute Gasteiger partial charge is 0.259 e. The first kappa shape index (κ1) is 20.1. The number of nitrogens with one attached hydrogen (secondary N) is 2. The lowest BCUT2D eigenvalue weighted by Crippen LogP contribution is -2.15. The fraction of sp³-hybridized carbons (Fsp3) is 0.167. The third-order valence-electron chi connectivity index (χ3n) is 4.32. The van der Waals surface area contributed by atoms with Crippen LogP contribution in [0.2, 0.25) is 0 Å². The van der Waals surface area contributed by atoms with Crippen molar-refractivity contribution in [2.24, 2.45) is 0 Å². The maximum absolute atomic E-state index is 12.6. The van der Waals surface area contributed by atoms with Gasteiger partial charge in [-0.25, -0.2) is 0 Å². The highest BCUT2D eigenvalue weighted by molar-refractivity contribution is 6.06. The summed E-state index contributed by atoms with van der Waals surface area (Å²) >= 11 is 0. The van der Waals surface area contributed by atoms with Gasteiger partial charge in [0.2, 0.25) is 5.91 Å². The van der Waals surface area contributed by atoms with Crippen LogP contribution in [0.1, 0.15) is 29.3 Å². The van der Waals surface area contributed by atoms with Gasteiger partial charge >= 0.3 is 0 Å². The van der Waals surface area contributed by atoms with Crippen molar-refractivity contribution >= 4 is 23.2 Å². The second-order valence-electron chi connectivity index (χ2n) is 6.50. The molecule has 0 aliphatic carbocycles. The van der Waals surface area contributed by atoms with E-state index in [-0.39, 0.29) is 11.8 Å². The van der Waals surface area contributed by atoms with E-state index in [0.29, 0.717) is 42.1 Å². The summed E-state index contributed by atoms with van der Waals surface area (Å²) in [5.74, 6) is 0.207. The number of carbonyl (C=O) groups is 2. The minimum absolute atomic E-state index is 0.0704. The fourth-order valence-corrected chi connectivity index (χ4v) is 2.93. The molecule has 0 saturated carbocycles. The highest BCUT2D eigenvalue weighted by atomic mass is 16.5. The summed E-state index contributed by atoms with van der Waals surface area (Å²) in [5.41, 5.74) is 2.82. The number of amides is 2. The van der Waals surface area contributed by atoms with Gasteiger partial charge in [-0.3, -0.25) is 9.59 Å². The van der Waals surface area contributed by atoms with Crippen molar-refractivity contribution in [1.82, 2.24) is 0 Å². The van der Waals surface area contributed by atoms with Gasteiger partial charge in [-0.05, 0) is 49.2 Å². The van der Waals surface area contributed by atoms with Gasteiger partial charge in [0.25, 0.3) is 5.91 Å². The summed E-state index contributed by atoms with van der Waals surface area (Å²) in [6.07, 6.45) is 1.07. The Morgan fingerprint density at radius 3 is 2.28 bits per heavy atom. The molecular weight excluding hydrogens is 364 g/mol. The van der Waals surface area contributed by atoms with E-state index in [9.17, 15) is 9.59 Å². The highest BCUT2D eigenvalue weighted by Gasteiger charge is 2.12. The molecule has 0 bridgehead atoms. The van der Waals surface area contributed by atoms with E-state index in [2.05, 4.69) is 10.6 Å². The summed E-state index contributed by atoms with van der Waals surface area (Å²) in [5, 5.41) is 5.74. The zero-order chi connectivity index (χ0) is 20.5. The third-order valence-corrected chi connectivity index (χ3v) is 4.32. The zero-order valence-corrected chi connectivity index (χ0v) is 16.4. The number of ether oxygens (including phenoxy) is 1. The predicted molar refractivity (Wildman–Crippen MR) is 115 cm³/mol. The molecule has 5 nitrogen and oxygen atoms in total. The second kappa shape index (κ2) is 10.1. The molecule has 0 saturated heterocycles. The minimum atomic E-state index is -0.262. The molecule has 148 valence electrons. The van der Waals surface area contributed by atoms with E-state index in [1.807, 2.05) is 43.3 Å². The molecule has 0 spiro atoms. The van der Waals surface area contributed by atoms with Crippen molar-refractivity contribution in [3.05, 3.63) is 90.0 Å². The molecule has 5 heteroatoms. The SMILES string of the molecule is CCOc1ccccc1C(=O)Nc1cccc(NC(=O)CCc2ccccc2)c1. The monoisotopic (exact) mass is 388 g/mol. The number of para-hydroxylation sites is 1. The summed E-state index contributed by atoms with van der Waals surface area (Å²) in [7, 11) is 0. The van der Waals surface area contributed by atoms with E-state index in [0.717, 1.165) is 5.56 Å². The molecule has 0 aliphatic rings. The molecule has 3 aromatic rings. The van der Waals surface area contributed by atoms with Crippen LogP contribution >= 0.6 is 0 Å². The summed E-state index contributed by atoms with van der Waals surface area (Å²) in [6, 6.07) is 24.1. The number of benzene rings is 3. The van der Waals surface area contributed by atoms with Gasteiger partial charge in [-0.2, -0.15) is 0 Å². The van der Waals surface area contributed by atoms with E-state index >= 15 is 0 Å². The van der Waals surface area contributed by atoms with Crippen LogP contribution in [0.5, 0.6) is 5.75 Å². The number of anilines is 2. The van der Waals surface area contributed by atoms with Gasteiger partial charge in [0.05, 0.1) is 12.2 Å². The Balaban J connectivity index is 1.60. The molecule has 2 amide bonds. The topological polar surface area (TPSA) is 67.4 Å². The Kier molecular flexibility index (Phi) is 7.00.